The molecule has 0 radical (unpaired) electrons. The van der Waals surface area contributed by atoms with Crippen molar-refractivity contribution in [3.8, 4) is 22.8 Å². The number of rotatable bonds is 13. The van der Waals surface area contributed by atoms with Gasteiger partial charge in [0.05, 0.1) is 42.0 Å². The number of hydrogen-bond acceptors (Lipinski definition) is 9. The predicted molar refractivity (Wildman–Crippen MR) is 169 cm³/mol. The molecule has 2 aromatic heterocycles. The molecule has 1 aliphatic carbocycles. The summed E-state index contributed by atoms with van der Waals surface area (Å²) in [5.74, 6) is -1.78. The Bertz CT molecular complexity index is 1970. The molecule has 0 aliphatic heterocycles. The highest BCUT2D eigenvalue weighted by Gasteiger charge is 2.56. The number of nitrogens with zero attached hydrogens (tertiary/aromatic N) is 2. The zero-order valence-electron chi connectivity index (χ0n) is 26.0. The Morgan fingerprint density at radius 3 is 2.40 bits per heavy atom. The van der Waals surface area contributed by atoms with Crippen molar-refractivity contribution >= 4 is 32.6 Å². The lowest BCUT2D eigenvalue weighted by Crippen LogP contribution is -2.51. The van der Waals surface area contributed by atoms with Crippen LogP contribution < -0.4 is 20.5 Å². The number of nitrogens with one attached hydrogen (secondary N) is 1. The van der Waals surface area contributed by atoms with Gasteiger partial charge in [-0.15, -0.1) is 0 Å². The van der Waals surface area contributed by atoms with E-state index in [0.717, 1.165) is 18.9 Å². The summed E-state index contributed by atoms with van der Waals surface area (Å²) in [7, 11) is -3.60. The maximum absolute atomic E-state index is 14.8. The van der Waals surface area contributed by atoms with Gasteiger partial charge in [0.25, 0.3) is 5.91 Å². The molecular weight excluding hydrogens is 653 g/mol. The van der Waals surface area contributed by atoms with Crippen LogP contribution in [-0.2, 0) is 26.7 Å². The summed E-state index contributed by atoms with van der Waals surface area (Å²) in [6.45, 7) is 1.74. The van der Waals surface area contributed by atoms with Crippen molar-refractivity contribution in [1.82, 2.24) is 15.3 Å². The maximum atomic E-state index is 14.8. The lowest BCUT2D eigenvalue weighted by atomic mass is 9.93. The van der Waals surface area contributed by atoms with Gasteiger partial charge in [0, 0.05) is 28.3 Å². The van der Waals surface area contributed by atoms with Gasteiger partial charge in [-0.25, -0.2) is 13.4 Å². The minimum atomic E-state index is -5.38. The molecule has 48 heavy (non-hydrogen) atoms. The lowest BCUT2D eigenvalue weighted by molar-refractivity contribution is -0.265. The molecule has 2 aromatic carbocycles. The second-order valence-corrected chi connectivity index (χ2v) is 13.5. The van der Waals surface area contributed by atoms with Crippen LogP contribution in [0.1, 0.15) is 48.3 Å². The minimum Gasteiger partial charge on any atom is -0.491 e. The molecule has 11 nitrogen and oxygen atoms in total. The number of aromatic nitrogens is 2. The predicted octanol–water partition coefficient (Wildman–Crippen LogP) is 4.24. The van der Waals surface area contributed by atoms with Crippen LogP contribution in [-0.4, -0.2) is 66.5 Å². The van der Waals surface area contributed by atoms with Gasteiger partial charge >= 0.3 is 6.18 Å². The number of aliphatic hydroxyl groups is 1. The van der Waals surface area contributed by atoms with Crippen molar-refractivity contribution in [3.05, 3.63) is 77.6 Å². The van der Waals surface area contributed by atoms with E-state index < -0.39 is 52.1 Å². The molecule has 0 unspecified atom stereocenters. The summed E-state index contributed by atoms with van der Waals surface area (Å²) < 4.78 is 80.7. The third kappa shape index (κ3) is 7.21. The number of carbonyl (C=O) groups excluding carboxylic acids is 2. The monoisotopic (exact) mass is 686 g/mol. The molecule has 1 aliphatic rings. The van der Waals surface area contributed by atoms with E-state index in [0.29, 0.717) is 16.7 Å². The number of ether oxygens (including phenoxy) is 2. The number of amides is 2. The smallest absolute Gasteiger partial charge is 0.424 e. The number of hydrogen-bond donors (Lipinski definition) is 3. The van der Waals surface area contributed by atoms with Crippen LogP contribution in [0.2, 0.25) is 0 Å². The van der Waals surface area contributed by atoms with Gasteiger partial charge in [-0.2, -0.15) is 13.2 Å². The summed E-state index contributed by atoms with van der Waals surface area (Å²) in [4.78, 5) is 33.7. The molecule has 254 valence electrons. The number of nitrogens with two attached hydrogens (primary N) is 1. The van der Waals surface area contributed by atoms with Crippen LogP contribution in [0.15, 0.2) is 65.7 Å². The van der Waals surface area contributed by atoms with E-state index in [1.165, 1.54) is 43.3 Å². The van der Waals surface area contributed by atoms with Crippen LogP contribution in [0.3, 0.4) is 0 Å². The molecule has 2 amide bonds. The number of carbonyl (C=O) groups is 2. The molecule has 1 saturated carbocycles. The fourth-order valence-electron chi connectivity index (χ4n) is 5.00. The van der Waals surface area contributed by atoms with E-state index in [1.807, 2.05) is 0 Å². The molecule has 4 N–H and O–H groups in total. The zero-order valence-corrected chi connectivity index (χ0v) is 26.8. The highest BCUT2D eigenvalue weighted by atomic mass is 32.2. The van der Waals surface area contributed by atoms with Gasteiger partial charge in [0.1, 0.15) is 22.7 Å². The van der Waals surface area contributed by atoms with Crippen LogP contribution in [0.5, 0.6) is 11.5 Å². The topological polar surface area (TPSA) is 171 Å². The van der Waals surface area contributed by atoms with Gasteiger partial charge in [-0.05, 0) is 56.2 Å². The summed E-state index contributed by atoms with van der Waals surface area (Å²) in [5.41, 5.74) is 1.01. The number of primary amides is 1. The van der Waals surface area contributed by atoms with Gasteiger partial charge in [-0.1, -0.05) is 25.1 Å². The fourth-order valence-corrected chi connectivity index (χ4v) is 5.88. The van der Waals surface area contributed by atoms with E-state index in [4.69, 9.17) is 15.2 Å². The van der Waals surface area contributed by atoms with E-state index in [-0.39, 0.29) is 51.5 Å². The average molecular weight is 687 g/mol. The highest BCUT2D eigenvalue weighted by Crippen LogP contribution is 2.42. The zero-order chi connectivity index (χ0) is 34.9. The molecule has 1 fully saturated rings. The Labute approximate surface area is 274 Å². The molecule has 4 aromatic rings. The van der Waals surface area contributed by atoms with Crippen LogP contribution >= 0.6 is 0 Å². The first-order valence-corrected chi connectivity index (χ1v) is 16.7. The Balaban J connectivity index is 1.57. The van der Waals surface area contributed by atoms with Gasteiger partial charge in [-0.3, -0.25) is 14.6 Å². The Kier molecular flexibility index (Phi) is 9.65. The van der Waals surface area contributed by atoms with Crippen molar-refractivity contribution in [2.45, 2.75) is 55.9 Å². The number of sulfone groups is 1. The number of benzene rings is 2. The Hall–Kier alpha value is -4.76. The van der Waals surface area contributed by atoms with Crippen molar-refractivity contribution in [2.75, 3.05) is 18.9 Å². The number of alkyl halides is 3. The summed E-state index contributed by atoms with van der Waals surface area (Å²) in [6, 6.07) is 12.2. The fraction of sp³-hybridized carbons (Fsp3) is 0.333. The standard InChI is InChI=1S/C33H33F3N4O7S/c1-3-46-30-21(17-27(37)41)16-26(40-29(30)19-7-11-24(12-8-19)48(44,45)4-2)32(43,33(34,35)36)18-39-31(42)22-14-20-6-5-13-38-28(20)25(15-22)47-23-9-10-23/h5-8,11-16,23,43H,3-4,9-10,17-18H2,1-2H3,(H2,37,41)(H,39,42)/t32-/m0/s1. The van der Waals surface area contributed by atoms with E-state index in [1.54, 1.807) is 25.3 Å². The summed E-state index contributed by atoms with van der Waals surface area (Å²) in [5, 5.41) is 14.0. The third-order valence-electron chi connectivity index (χ3n) is 7.72. The van der Waals surface area contributed by atoms with E-state index in [2.05, 4.69) is 15.3 Å². The SMILES string of the molecule is CCOc1c(CC(N)=O)cc([C@@](O)(CNC(=O)c2cc(OC3CC3)c3ncccc3c2)C(F)(F)F)nc1-c1ccc(S(=O)(=O)CC)cc1. The normalized spacial score (nSPS) is 14.7. The first kappa shape index (κ1) is 34.6. The average Bonchev–Trinajstić information content (AvgIpc) is 3.87. The van der Waals surface area contributed by atoms with Gasteiger partial charge < -0.3 is 25.6 Å². The molecule has 0 spiro atoms. The number of fused-ring (bicyclic) bond motifs is 1. The van der Waals surface area contributed by atoms with E-state index in [9.17, 15) is 36.3 Å². The largest absolute Gasteiger partial charge is 0.491 e. The Morgan fingerprint density at radius 2 is 1.79 bits per heavy atom. The molecule has 0 bridgehead atoms. The lowest BCUT2D eigenvalue weighted by Gasteiger charge is -2.31. The minimum absolute atomic E-state index is 0.0208. The first-order chi connectivity index (χ1) is 22.7. The third-order valence-corrected chi connectivity index (χ3v) is 9.47. The number of halogens is 3. The highest BCUT2D eigenvalue weighted by molar-refractivity contribution is 7.91. The van der Waals surface area contributed by atoms with Crippen molar-refractivity contribution in [1.29, 1.82) is 0 Å². The van der Waals surface area contributed by atoms with Crippen LogP contribution in [0.25, 0.3) is 22.2 Å². The van der Waals surface area contributed by atoms with Gasteiger partial charge in [0.15, 0.2) is 9.84 Å². The van der Waals surface area contributed by atoms with Crippen LogP contribution in [0.4, 0.5) is 13.2 Å². The van der Waals surface area contributed by atoms with Crippen LogP contribution in [0, 0.1) is 0 Å². The first-order valence-electron chi connectivity index (χ1n) is 15.1. The second kappa shape index (κ2) is 13.4. The summed E-state index contributed by atoms with van der Waals surface area (Å²) in [6.07, 6.45) is -2.81. The van der Waals surface area contributed by atoms with Crippen molar-refractivity contribution < 1.29 is 45.8 Å². The summed E-state index contributed by atoms with van der Waals surface area (Å²) >= 11 is 0. The molecule has 2 heterocycles. The molecular formula is C33H33F3N4O7S. The molecule has 0 saturated heterocycles. The van der Waals surface area contributed by atoms with Gasteiger partial charge in [0.2, 0.25) is 11.5 Å². The molecule has 5 rings (SSSR count). The number of pyridine rings is 2. The van der Waals surface area contributed by atoms with Crippen molar-refractivity contribution in [3.63, 3.8) is 0 Å². The molecule has 1 atom stereocenters. The Morgan fingerprint density at radius 1 is 1.08 bits per heavy atom. The van der Waals surface area contributed by atoms with Crippen molar-refractivity contribution in [2.24, 2.45) is 5.73 Å². The molecule has 15 heteroatoms. The maximum Gasteiger partial charge on any atom is 0.424 e. The quantitative estimate of drug-likeness (QED) is 0.186. The second-order valence-electron chi connectivity index (χ2n) is 11.3. The van der Waals surface area contributed by atoms with E-state index >= 15 is 0 Å².